The molecule has 0 aliphatic rings. The van der Waals surface area contributed by atoms with E-state index in [9.17, 15) is 4.79 Å². The van der Waals surface area contributed by atoms with Crippen molar-refractivity contribution in [1.82, 2.24) is 16.0 Å². The van der Waals surface area contributed by atoms with Gasteiger partial charge in [-0.2, -0.15) is 0 Å². The average Bonchev–Trinajstić information content (AvgIpc) is 2.56. The number of carbonyl (C=O) groups is 1. The third kappa shape index (κ3) is 8.77. The molecule has 0 aliphatic carbocycles. The number of thioether (sulfide) groups is 1. The number of carbonyl (C=O) groups excluding carboxylic acids is 1. The molecule has 0 fully saturated rings. The molecule has 3 N–H and O–H groups in total. The molecular weight excluding hydrogens is 435 g/mol. The Morgan fingerprint density at radius 1 is 1.21 bits per heavy atom. The third-order valence-electron chi connectivity index (χ3n) is 3.18. The smallest absolute Gasteiger partial charge is 0.239 e. The second-order valence-corrected chi connectivity index (χ2v) is 6.06. The van der Waals surface area contributed by atoms with Crippen molar-refractivity contribution in [2.75, 3.05) is 25.9 Å². The summed E-state index contributed by atoms with van der Waals surface area (Å²) in [5.41, 5.74) is 2.44. The number of aliphatic imine (C=N–C) groups is 1. The Labute approximate surface area is 166 Å². The minimum absolute atomic E-state index is 0. The maximum absolute atomic E-state index is 11.7. The number of guanidine groups is 1. The number of hydrogen-bond donors (Lipinski definition) is 3. The molecule has 0 saturated heterocycles. The summed E-state index contributed by atoms with van der Waals surface area (Å²) in [6.45, 7) is 8.41. The van der Waals surface area contributed by atoms with Gasteiger partial charge in [0.2, 0.25) is 5.91 Å². The zero-order valence-corrected chi connectivity index (χ0v) is 18.1. The van der Waals surface area contributed by atoms with E-state index in [0.29, 0.717) is 19.0 Å². The number of nitrogens with zero attached hydrogens (tertiary/aromatic N) is 1. The molecule has 0 unspecified atom stereocenters. The zero-order valence-electron chi connectivity index (χ0n) is 14.9. The molecule has 0 saturated carbocycles. The lowest BCUT2D eigenvalue weighted by Crippen LogP contribution is -2.43. The summed E-state index contributed by atoms with van der Waals surface area (Å²) in [6.07, 6.45) is 3.01. The summed E-state index contributed by atoms with van der Waals surface area (Å²) in [4.78, 5) is 17.5. The Hall–Kier alpha value is -0.960. The van der Waals surface area contributed by atoms with Gasteiger partial charge in [0.15, 0.2) is 5.96 Å². The first-order chi connectivity index (χ1) is 11.1. The van der Waals surface area contributed by atoms with Crippen LogP contribution in [0.5, 0.6) is 0 Å². The zero-order chi connectivity index (χ0) is 17.1. The Morgan fingerprint density at radius 2 is 1.96 bits per heavy atom. The van der Waals surface area contributed by atoms with Crippen LogP contribution in [0.25, 0.3) is 0 Å². The van der Waals surface area contributed by atoms with Gasteiger partial charge in [-0.3, -0.25) is 4.79 Å². The number of aryl methyl sites for hydroxylation is 1. The number of hydrogen-bond acceptors (Lipinski definition) is 3. The molecule has 1 rings (SSSR count). The summed E-state index contributed by atoms with van der Waals surface area (Å²) in [7, 11) is 0. The van der Waals surface area contributed by atoms with E-state index in [0.717, 1.165) is 13.0 Å². The lowest BCUT2D eigenvalue weighted by Gasteiger charge is -2.12. The van der Waals surface area contributed by atoms with Gasteiger partial charge in [-0.05, 0) is 43.7 Å². The fourth-order valence-corrected chi connectivity index (χ4v) is 2.68. The van der Waals surface area contributed by atoms with Gasteiger partial charge in [-0.15, -0.1) is 35.7 Å². The van der Waals surface area contributed by atoms with E-state index < -0.39 is 0 Å². The van der Waals surface area contributed by atoms with Gasteiger partial charge in [-0.1, -0.05) is 19.1 Å². The number of rotatable bonds is 8. The predicted octanol–water partition coefficient (Wildman–Crippen LogP) is 2.92. The van der Waals surface area contributed by atoms with Crippen molar-refractivity contribution in [3.8, 4) is 0 Å². The molecule has 1 amide bonds. The predicted molar refractivity (Wildman–Crippen MR) is 114 cm³/mol. The number of nitrogens with one attached hydrogen (secondary N) is 3. The summed E-state index contributed by atoms with van der Waals surface area (Å²) in [6, 6.07) is 6.39. The van der Waals surface area contributed by atoms with Crippen LogP contribution in [0.2, 0.25) is 0 Å². The fraction of sp³-hybridized carbons (Fsp3) is 0.529. The van der Waals surface area contributed by atoms with Crippen LogP contribution < -0.4 is 16.0 Å². The standard InChI is InChI=1S/C17H28N4OS.HI/c1-5-9-19-16(22)12-21-17(18-6-2)20-11-14-8-7-13(3)10-15(14)23-4;/h7-8,10H,5-6,9,11-12H2,1-4H3,(H,19,22)(H2,18,20,21);1H. The lowest BCUT2D eigenvalue weighted by molar-refractivity contribution is -0.120. The largest absolute Gasteiger partial charge is 0.357 e. The van der Waals surface area contributed by atoms with Gasteiger partial charge >= 0.3 is 0 Å². The molecule has 136 valence electrons. The van der Waals surface area contributed by atoms with Crippen molar-refractivity contribution in [3.63, 3.8) is 0 Å². The molecule has 0 radical (unpaired) electrons. The van der Waals surface area contributed by atoms with Crippen molar-refractivity contribution in [2.45, 2.75) is 38.6 Å². The molecule has 1 aromatic rings. The van der Waals surface area contributed by atoms with Crippen molar-refractivity contribution in [1.29, 1.82) is 0 Å². The van der Waals surface area contributed by atoms with Gasteiger partial charge in [0.25, 0.3) is 0 Å². The Bertz CT molecular complexity index is 537. The van der Waals surface area contributed by atoms with Crippen LogP contribution in [0, 0.1) is 6.92 Å². The highest BCUT2D eigenvalue weighted by Crippen LogP contribution is 2.22. The lowest BCUT2D eigenvalue weighted by atomic mass is 10.1. The fourth-order valence-electron chi connectivity index (χ4n) is 1.98. The van der Waals surface area contributed by atoms with Crippen molar-refractivity contribution >= 4 is 47.6 Å². The normalized spacial score (nSPS) is 10.8. The summed E-state index contributed by atoms with van der Waals surface area (Å²) < 4.78 is 0. The van der Waals surface area contributed by atoms with Gasteiger partial charge in [0.05, 0.1) is 13.1 Å². The summed E-state index contributed by atoms with van der Waals surface area (Å²) in [5.74, 6) is 0.643. The Kier molecular flexibility index (Phi) is 12.8. The van der Waals surface area contributed by atoms with E-state index in [1.54, 1.807) is 11.8 Å². The topological polar surface area (TPSA) is 65.5 Å². The van der Waals surface area contributed by atoms with Crippen LogP contribution in [0.15, 0.2) is 28.1 Å². The van der Waals surface area contributed by atoms with E-state index in [4.69, 9.17) is 0 Å². The second-order valence-electron chi connectivity index (χ2n) is 5.21. The molecule has 7 heteroatoms. The maximum Gasteiger partial charge on any atom is 0.239 e. The van der Waals surface area contributed by atoms with Crippen molar-refractivity contribution < 1.29 is 4.79 Å². The quantitative estimate of drug-likeness (QED) is 0.240. The molecule has 5 nitrogen and oxygen atoms in total. The van der Waals surface area contributed by atoms with E-state index >= 15 is 0 Å². The van der Waals surface area contributed by atoms with Crippen LogP contribution >= 0.6 is 35.7 Å². The number of halogens is 1. The van der Waals surface area contributed by atoms with E-state index in [1.807, 2.05) is 13.8 Å². The summed E-state index contributed by atoms with van der Waals surface area (Å²) in [5, 5.41) is 9.07. The van der Waals surface area contributed by atoms with Gasteiger partial charge in [0.1, 0.15) is 0 Å². The monoisotopic (exact) mass is 464 g/mol. The van der Waals surface area contributed by atoms with E-state index in [-0.39, 0.29) is 36.4 Å². The number of benzene rings is 1. The Balaban J connectivity index is 0.00000529. The first-order valence-electron chi connectivity index (χ1n) is 8.03. The molecular formula is C17H29IN4OS. The highest BCUT2D eigenvalue weighted by molar-refractivity contribution is 14.0. The van der Waals surface area contributed by atoms with Crippen LogP contribution in [-0.4, -0.2) is 37.8 Å². The minimum atomic E-state index is -0.0161. The van der Waals surface area contributed by atoms with Gasteiger partial charge in [0, 0.05) is 18.0 Å². The summed E-state index contributed by atoms with van der Waals surface area (Å²) >= 11 is 1.73. The van der Waals surface area contributed by atoms with E-state index in [1.165, 1.54) is 16.0 Å². The second kappa shape index (κ2) is 13.3. The van der Waals surface area contributed by atoms with Gasteiger partial charge in [-0.25, -0.2) is 4.99 Å². The SMILES string of the molecule is CCCNC(=O)CNC(=NCc1ccc(C)cc1SC)NCC.I. The molecule has 1 aromatic carbocycles. The molecule has 0 spiro atoms. The van der Waals surface area contributed by atoms with E-state index in [2.05, 4.69) is 52.3 Å². The van der Waals surface area contributed by atoms with Crippen molar-refractivity contribution in [2.24, 2.45) is 4.99 Å². The average molecular weight is 464 g/mol. The molecule has 24 heavy (non-hydrogen) atoms. The highest BCUT2D eigenvalue weighted by atomic mass is 127. The van der Waals surface area contributed by atoms with Gasteiger partial charge < -0.3 is 16.0 Å². The molecule has 0 atom stereocenters. The maximum atomic E-state index is 11.7. The first kappa shape index (κ1) is 23.0. The minimum Gasteiger partial charge on any atom is -0.357 e. The van der Waals surface area contributed by atoms with Crippen molar-refractivity contribution in [3.05, 3.63) is 29.3 Å². The number of amides is 1. The van der Waals surface area contributed by atoms with Crippen LogP contribution in [0.4, 0.5) is 0 Å². The highest BCUT2D eigenvalue weighted by Gasteiger charge is 2.05. The van der Waals surface area contributed by atoms with Crippen LogP contribution in [-0.2, 0) is 11.3 Å². The third-order valence-corrected chi connectivity index (χ3v) is 4.00. The molecule has 0 aliphatic heterocycles. The molecule has 0 heterocycles. The first-order valence-corrected chi connectivity index (χ1v) is 9.25. The Morgan fingerprint density at radius 3 is 2.58 bits per heavy atom. The molecule has 0 aromatic heterocycles. The van der Waals surface area contributed by atoms with Crippen LogP contribution in [0.1, 0.15) is 31.4 Å². The molecule has 0 bridgehead atoms. The van der Waals surface area contributed by atoms with Crippen LogP contribution in [0.3, 0.4) is 0 Å².